The molecule has 2 rings (SSSR count). The molecule has 100 valence electrons. The summed E-state index contributed by atoms with van der Waals surface area (Å²) in [6.45, 7) is 4.62. The van der Waals surface area contributed by atoms with Gasteiger partial charge in [0.2, 0.25) is 0 Å². The average Bonchev–Trinajstić information content (AvgIpc) is 2.91. The fraction of sp³-hybridized carbons (Fsp3) is 0.308. The SMILES string of the molecule is CCn1ncc(C(=O)/C=C/c2c(Cl)cnn2C)c1C. The van der Waals surface area contributed by atoms with E-state index in [2.05, 4.69) is 10.2 Å². The van der Waals surface area contributed by atoms with E-state index in [0.29, 0.717) is 16.3 Å². The van der Waals surface area contributed by atoms with Crippen molar-refractivity contribution in [3.63, 3.8) is 0 Å². The van der Waals surface area contributed by atoms with Gasteiger partial charge in [0.15, 0.2) is 5.78 Å². The van der Waals surface area contributed by atoms with Gasteiger partial charge in [0, 0.05) is 19.3 Å². The maximum Gasteiger partial charge on any atom is 0.189 e. The Morgan fingerprint density at radius 1 is 1.42 bits per heavy atom. The minimum atomic E-state index is -0.0885. The summed E-state index contributed by atoms with van der Waals surface area (Å²) in [6, 6.07) is 0. The van der Waals surface area contributed by atoms with Crippen LogP contribution in [0.15, 0.2) is 18.5 Å². The Hall–Kier alpha value is -1.88. The molecule has 6 heteroatoms. The zero-order valence-corrected chi connectivity index (χ0v) is 11.8. The molecule has 0 fully saturated rings. The minimum Gasteiger partial charge on any atom is -0.289 e. The number of aryl methyl sites for hydroxylation is 2. The number of aromatic nitrogens is 4. The standard InChI is InChI=1S/C13H15ClN4O/c1-4-18-9(2)10(7-16-18)13(19)6-5-12-11(14)8-15-17(12)3/h5-8H,4H2,1-3H3/b6-5+. The Kier molecular flexibility index (Phi) is 3.85. The number of carbonyl (C=O) groups excluding carboxylic acids is 1. The normalized spacial score (nSPS) is 11.4. The number of carbonyl (C=O) groups is 1. The van der Waals surface area contributed by atoms with Crippen LogP contribution in [0.2, 0.25) is 5.02 Å². The van der Waals surface area contributed by atoms with Gasteiger partial charge in [-0.05, 0) is 26.0 Å². The molecule has 0 saturated carbocycles. The molecule has 0 N–H and O–H groups in total. The summed E-state index contributed by atoms with van der Waals surface area (Å²) in [4.78, 5) is 12.1. The molecule has 0 aliphatic rings. The van der Waals surface area contributed by atoms with Gasteiger partial charge >= 0.3 is 0 Å². The minimum absolute atomic E-state index is 0.0885. The summed E-state index contributed by atoms with van der Waals surface area (Å²) in [5.41, 5.74) is 2.18. The van der Waals surface area contributed by atoms with E-state index in [9.17, 15) is 4.79 Å². The highest BCUT2D eigenvalue weighted by Crippen LogP contribution is 2.16. The molecule has 0 saturated heterocycles. The van der Waals surface area contributed by atoms with Crippen molar-refractivity contribution in [2.24, 2.45) is 7.05 Å². The highest BCUT2D eigenvalue weighted by atomic mass is 35.5. The van der Waals surface area contributed by atoms with Gasteiger partial charge in [-0.2, -0.15) is 10.2 Å². The van der Waals surface area contributed by atoms with Crippen LogP contribution in [0.3, 0.4) is 0 Å². The molecule has 0 aliphatic heterocycles. The molecular weight excluding hydrogens is 264 g/mol. The van der Waals surface area contributed by atoms with Gasteiger partial charge in [-0.25, -0.2) is 0 Å². The van der Waals surface area contributed by atoms with Crippen LogP contribution in [0.5, 0.6) is 0 Å². The third-order valence-electron chi connectivity index (χ3n) is 3.00. The summed E-state index contributed by atoms with van der Waals surface area (Å²) in [5.74, 6) is -0.0885. The predicted molar refractivity (Wildman–Crippen MR) is 74.2 cm³/mol. The molecule has 0 bridgehead atoms. The summed E-state index contributed by atoms with van der Waals surface area (Å²) in [5, 5.41) is 8.68. The van der Waals surface area contributed by atoms with Gasteiger partial charge in [0.25, 0.3) is 0 Å². The van der Waals surface area contributed by atoms with E-state index in [1.165, 1.54) is 6.08 Å². The van der Waals surface area contributed by atoms with Crippen molar-refractivity contribution in [1.82, 2.24) is 19.6 Å². The molecular formula is C13H15ClN4O. The second-order valence-electron chi connectivity index (χ2n) is 4.16. The van der Waals surface area contributed by atoms with E-state index in [4.69, 9.17) is 11.6 Å². The lowest BCUT2D eigenvalue weighted by Crippen LogP contribution is -2.02. The number of ketones is 1. The molecule has 19 heavy (non-hydrogen) atoms. The third-order valence-corrected chi connectivity index (χ3v) is 3.29. The first-order valence-corrected chi connectivity index (χ1v) is 6.34. The van der Waals surface area contributed by atoms with E-state index in [0.717, 1.165) is 12.2 Å². The fourth-order valence-corrected chi connectivity index (χ4v) is 2.09. The molecule has 2 aromatic rings. The fourth-order valence-electron chi connectivity index (χ4n) is 1.86. The monoisotopic (exact) mass is 278 g/mol. The lowest BCUT2D eigenvalue weighted by molar-refractivity contribution is 0.104. The third kappa shape index (κ3) is 2.61. The molecule has 0 aliphatic carbocycles. The number of hydrogen-bond acceptors (Lipinski definition) is 3. The molecule has 2 heterocycles. The summed E-state index contributed by atoms with van der Waals surface area (Å²) in [6.07, 6.45) is 6.30. The smallest absolute Gasteiger partial charge is 0.189 e. The van der Waals surface area contributed by atoms with Crippen LogP contribution in [0.1, 0.15) is 28.7 Å². The second kappa shape index (κ2) is 5.40. The predicted octanol–water partition coefficient (Wildman–Crippen LogP) is 2.49. The lowest BCUT2D eigenvalue weighted by atomic mass is 10.1. The van der Waals surface area contributed by atoms with E-state index < -0.39 is 0 Å². The van der Waals surface area contributed by atoms with E-state index in [-0.39, 0.29) is 5.78 Å². The number of nitrogens with zero attached hydrogens (tertiary/aromatic N) is 4. The van der Waals surface area contributed by atoms with E-state index in [1.807, 2.05) is 13.8 Å². The molecule has 0 unspecified atom stereocenters. The number of rotatable bonds is 4. The van der Waals surface area contributed by atoms with Crippen LogP contribution in [-0.2, 0) is 13.6 Å². The van der Waals surface area contributed by atoms with Crippen LogP contribution in [0, 0.1) is 6.92 Å². The number of allylic oxidation sites excluding steroid dienone is 1. The first-order valence-electron chi connectivity index (χ1n) is 5.97. The Balaban J connectivity index is 2.24. The van der Waals surface area contributed by atoms with Crippen molar-refractivity contribution in [2.75, 3.05) is 0 Å². The molecule has 5 nitrogen and oxygen atoms in total. The Bertz CT molecular complexity index is 620. The Morgan fingerprint density at radius 2 is 2.16 bits per heavy atom. The van der Waals surface area contributed by atoms with Crippen molar-refractivity contribution in [3.8, 4) is 0 Å². The van der Waals surface area contributed by atoms with Crippen molar-refractivity contribution in [3.05, 3.63) is 40.4 Å². The second-order valence-corrected chi connectivity index (χ2v) is 4.57. The zero-order valence-electron chi connectivity index (χ0n) is 11.1. The van der Waals surface area contributed by atoms with Gasteiger partial charge in [-0.1, -0.05) is 11.6 Å². The van der Waals surface area contributed by atoms with Crippen molar-refractivity contribution in [2.45, 2.75) is 20.4 Å². The van der Waals surface area contributed by atoms with Gasteiger partial charge < -0.3 is 0 Å². The van der Waals surface area contributed by atoms with Crippen LogP contribution >= 0.6 is 11.6 Å². The van der Waals surface area contributed by atoms with Crippen LogP contribution < -0.4 is 0 Å². The molecule has 2 aromatic heterocycles. The van der Waals surface area contributed by atoms with Crippen LogP contribution in [-0.4, -0.2) is 25.3 Å². The van der Waals surface area contributed by atoms with E-state index >= 15 is 0 Å². The van der Waals surface area contributed by atoms with E-state index in [1.54, 1.807) is 34.9 Å². The highest BCUT2D eigenvalue weighted by Gasteiger charge is 2.11. The van der Waals surface area contributed by atoms with Crippen molar-refractivity contribution >= 4 is 23.5 Å². The van der Waals surface area contributed by atoms with Gasteiger partial charge in [-0.3, -0.25) is 14.2 Å². The maximum atomic E-state index is 12.1. The largest absolute Gasteiger partial charge is 0.289 e. The quantitative estimate of drug-likeness (QED) is 0.638. The molecule has 0 aromatic carbocycles. The van der Waals surface area contributed by atoms with Gasteiger partial charge in [0.1, 0.15) is 0 Å². The summed E-state index contributed by atoms with van der Waals surface area (Å²) < 4.78 is 3.41. The average molecular weight is 279 g/mol. The van der Waals surface area contributed by atoms with Crippen molar-refractivity contribution < 1.29 is 4.79 Å². The Labute approximate surface area is 116 Å². The topological polar surface area (TPSA) is 52.7 Å². The zero-order chi connectivity index (χ0) is 14.0. The molecule has 0 amide bonds. The van der Waals surface area contributed by atoms with Crippen LogP contribution in [0.4, 0.5) is 0 Å². The maximum absolute atomic E-state index is 12.1. The number of hydrogen-bond donors (Lipinski definition) is 0. The first kappa shape index (κ1) is 13.5. The molecule has 0 radical (unpaired) electrons. The van der Waals surface area contributed by atoms with Gasteiger partial charge in [-0.15, -0.1) is 0 Å². The summed E-state index contributed by atoms with van der Waals surface area (Å²) >= 11 is 5.97. The summed E-state index contributed by atoms with van der Waals surface area (Å²) in [7, 11) is 1.77. The van der Waals surface area contributed by atoms with Gasteiger partial charge in [0.05, 0.1) is 28.7 Å². The molecule has 0 atom stereocenters. The Morgan fingerprint density at radius 3 is 2.68 bits per heavy atom. The lowest BCUT2D eigenvalue weighted by Gasteiger charge is -1.99. The highest BCUT2D eigenvalue weighted by molar-refractivity contribution is 6.31. The van der Waals surface area contributed by atoms with Crippen molar-refractivity contribution in [1.29, 1.82) is 0 Å². The number of halogens is 1. The first-order chi connectivity index (χ1) is 9.04. The van der Waals surface area contributed by atoms with Crippen LogP contribution in [0.25, 0.3) is 6.08 Å². The molecule has 0 spiro atoms.